The lowest BCUT2D eigenvalue weighted by molar-refractivity contribution is 0.339. The van der Waals surface area contributed by atoms with Gasteiger partial charge in [0.05, 0.1) is 0 Å². The zero-order chi connectivity index (χ0) is 12.9. The molecule has 1 N–H and O–H groups in total. The number of benzene rings is 1. The molecule has 0 atom stereocenters. The van der Waals surface area contributed by atoms with Gasteiger partial charge in [0.1, 0.15) is 0 Å². The van der Waals surface area contributed by atoms with Crippen LogP contribution in [0.1, 0.15) is 43.9 Å². The van der Waals surface area contributed by atoms with Gasteiger partial charge in [-0.05, 0) is 55.3 Å². The van der Waals surface area contributed by atoms with Crippen LogP contribution < -0.4 is 5.32 Å². The Kier molecular flexibility index (Phi) is 5.20. The first-order valence-electron chi connectivity index (χ1n) is 6.71. The summed E-state index contributed by atoms with van der Waals surface area (Å²) in [6, 6.07) is 6.83. The molecule has 0 aliphatic rings. The van der Waals surface area contributed by atoms with Crippen LogP contribution >= 0.6 is 0 Å². The van der Waals surface area contributed by atoms with E-state index in [4.69, 9.17) is 0 Å². The van der Waals surface area contributed by atoms with Gasteiger partial charge in [0.2, 0.25) is 0 Å². The van der Waals surface area contributed by atoms with Crippen molar-refractivity contribution in [1.82, 2.24) is 5.32 Å². The van der Waals surface area contributed by atoms with Crippen molar-refractivity contribution < 1.29 is 0 Å². The molecule has 0 saturated carbocycles. The average Bonchev–Trinajstić information content (AvgIpc) is 2.23. The lowest BCUT2D eigenvalue weighted by Gasteiger charge is -2.25. The lowest BCUT2D eigenvalue weighted by atomic mass is 9.85. The molecule has 1 aromatic rings. The smallest absolute Gasteiger partial charge is 0.000570 e. The van der Waals surface area contributed by atoms with Gasteiger partial charge in [-0.15, -0.1) is 0 Å². The van der Waals surface area contributed by atoms with Crippen molar-refractivity contribution in [3.8, 4) is 0 Å². The number of hydrogen-bond donors (Lipinski definition) is 1. The van der Waals surface area contributed by atoms with Gasteiger partial charge in [0.25, 0.3) is 0 Å². The maximum absolute atomic E-state index is 3.52. The number of aryl methyl sites for hydroxylation is 2. The van der Waals surface area contributed by atoms with E-state index >= 15 is 0 Å². The van der Waals surface area contributed by atoms with E-state index in [1.165, 1.54) is 23.1 Å². The van der Waals surface area contributed by atoms with Crippen LogP contribution in [0.3, 0.4) is 0 Å². The minimum Gasteiger partial charge on any atom is -0.316 e. The molecule has 96 valence electrons. The van der Waals surface area contributed by atoms with Gasteiger partial charge < -0.3 is 5.32 Å². The molecule has 0 amide bonds. The summed E-state index contributed by atoms with van der Waals surface area (Å²) in [5, 5.41) is 3.52. The second-order valence-corrected chi connectivity index (χ2v) is 5.94. The van der Waals surface area contributed by atoms with Crippen LogP contribution in [0.25, 0.3) is 0 Å². The first-order valence-corrected chi connectivity index (χ1v) is 6.71. The van der Waals surface area contributed by atoms with E-state index in [1.807, 2.05) is 0 Å². The minimum absolute atomic E-state index is 0.330. The third-order valence-electron chi connectivity index (χ3n) is 3.28. The standard InChI is InChI=1S/C16H27N/c1-6-9-17-12-16(4,5)11-15-8-7-13(2)14(3)10-15/h7-8,10,17H,6,9,11-12H2,1-5H3. The van der Waals surface area contributed by atoms with Gasteiger partial charge in [-0.25, -0.2) is 0 Å². The van der Waals surface area contributed by atoms with Gasteiger partial charge in [-0.3, -0.25) is 0 Å². The molecule has 1 nitrogen and oxygen atoms in total. The Morgan fingerprint density at radius 2 is 1.82 bits per heavy atom. The summed E-state index contributed by atoms with van der Waals surface area (Å²) in [6.45, 7) is 13.5. The molecule has 0 bridgehead atoms. The second kappa shape index (κ2) is 6.20. The highest BCUT2D eigenvalue weighted by Gasteiger charge is 2.17. The summed E-state index contributed by atoms with van der Waals surface area (Å²) in [7, 11) is 0. The van der Waals surface area contributed by atoms with Crippen LogP contribution in [-0.4, -0.2) is 13.1 Å². The normalized spacial score (nSPS) is 11.8. The molecule has 0 aliphatic heterocycles. The molecule has 0 radical (unpaired) electrons. The van der Waals surface area contributed by atoms with Crippen LogP contribution in [0.5, 0.6) is 0 Å². The lowest BCUT2D eigenvalue weighted by Crippen LogP contribution is -2.31. The van der Waals surface area contributed by atoms with Crippen molar-refractivity contribution in [3.63, 3.8) is 0 Å². The van der Waals surface area contributed by atoms with E-state index in [0.29, 0.717) is 5.41 Å². The molecule has 0 fully saturated rings. The molecule has 0 saturated heterocycles. The average molecular weight is 233 g/mol. The van der Waals surface area contributed by atoms with Crippen LogP contribution in [0.2, 0.25) is 0 Å². The first kappa shape index (κ1) is 14.2. The summed E-state index contributed by atoms with van der Waals surface area (Å²) >= 11 is 0. The molecule has 0 unspecified atom stereocenters. The van der Waals surface area contributed by atoms with E-state index in [0.717, 1.165) is 19.5 Å². The van der Waals surface area contributed by atoms with Crippen molar-refractivity contribution in [2.75, 3.05) is 13.1 Å². The summed E-state index contributed by atoms with van der Waals surface area (Å²) in [6.07, 6.45) is 2.35. The summed E-state index contributed by atoms with van der Waals surface area (Å²) in [4.78, 5) is 0. The molecule has 1 rings (SSSR count). The maximum atomic E-state index is 3.52. The molecular weight excluding hydrogens is 206 g/mol. The van der Waals surface area contributed by atoms with E-state index in [1.54, 1.807) is 0 Å². The van der Waals surface area contributed by atoms with E-state index in [-0.39, 0.29) is 0 Å². The first-order chi connectivity index (χ1) is 7.94. The van der Waals surface area contributed by atoms with Gasteiger partial charge >= 0.3 is 0 Å². The van der Waals surface area contributed by atoms with Crippen molar-refractivity contribution in [1.29, 1.82) is 0 Å². The Bertz CT molecular complexity index is 353. The Labute approximate surface area is 107 Å². The molecule has 1 aromatic carbocycles. The van der Waals surface area contributed by atoms with Crippen LogP contribution in [-0.2, 0) is 6.42 Å². The Morgan fingerprint density at radius 3 is 2.41 bits per heavy atom. The topological polar surface area (TPSA) is 12.0 Å². The summed E-state index contributed by atoms with van der Waals surface area (Å²) in [5.74, 6) is 0. The fraction of sp³-hybridized carbons (Fsp3) is 0.625. The molecule has 0 aromatic heterocycles. The van der Waals surface area contributed by atoms with Gasteiger partial charge in [-0.1, -0.05) is 39.0 Å². The highest BCUT2D eigenvalue weighted by Crippen LogP contribution is 2.22. The monoisotopic (exact) mass is 233 g/mol. The quantitative estimate of drug-likeness (QED) is 0.735. The van der Waals surface area contributed by atoms with Crippen molar-refractivity contribution >= 4 is 0 Å². The van der Waals surface area contributed by atoms with Crippen molar-refractivity contribution in [2.24, 2.45) is 5.41 Å². The Hall–Kier alpha value is -0.820. The van der Waals surface area contributed by atoms with E-state index in [9.17, 15) is 0 Å². The fourth-order valence-electron chi connectivity index (χ4n) is 2.13. The third kappa shape index (κ3) is 4.91. The largest absolute Gasteiger partial charge is 0.316 e. The van der Waals surface area contributed by atoms with Crippen LogP contribution in [0.4, 0.5) is 0 Å². The van der Waals surface area contributed by atoms with E-state index in [2.05, 4.69) is 58.1 Å². The predicted molar refractivity (Wildman–Crippen MR) is 76.6 cm³/mol. The van der Waals surface area contributed by atoms with E-state index < -0.39 is 0 Å². The van der Waals surface area contributed by atoms with Crippen molar-refractivity contribution in [3.05, 3.63) is 34.9 Å². The maximum Gasteiger partial charge on any atom is 0.000570 e. The SMILES string of the molecule is CCCNCC(C)(C)Cc1ccc(C)c(C)c1. The highest BCUT2D eigenvalue weighted by atomic mass is 14.9. The zero-order valence-electron chi connectivity index (χ0n) is 12.1. The van der Waals surface area contributed by atoms with Crippen molar-refractivity contribution in [2.45, 2.75) is 47.5 Å². The molecule has 0 heterocycles. The summed E-state index contributed by atoms with van der Waals surface area (Å²) < 4.78 is 0. The second-order valence-electron chi connectivity index (χ2n) is 5.94. The number of rotatable bonds is 6. The number of nitrogens with one attached hydrogen (secondary N) is 1. The van der Waals surface area contributed by atoms with Crippen LogP contribution in [0, 0.1) is 19.3 Å². The molecule has 1 heteroatoms. The van der Waals surface area contributed by atoms with Gasteiger partial charge in [0, 0.05) is 6.54 Å². The predicted octanol–water partition coefficient (Wildman–Crippen LogP) is 3.87. The van der Waals surface area contributed by atoms with Crippen LogP contribution in [0.15, 0.2) is 18.2 Å². The third-order valence-corrected chi connectivity index (χ3v) is 3.28. The van der Waals surface area contributed by atoms with Gasteiger partial charge in [-0.2, -0.15) is 0 Å². The minimum atomic E-state index is 0.330. The highest BCUT2D eigenvalue weighted by molar-refractivity contribution is 5.30. The Balaban J connectivity index is 2.59. The fourth-order valence-corrected chi connectivity index (χ4v) is 2.13. The molecular formula is C16H27N. The van der Waals surface area contributed by atoms with Gasteiger partial charge in [0.15, 0.2) is 0 Å². The summed E-state index contributed by atoms with van der Waals surface area (Å²) in [5.41, 5.74) is 4.57. The Morgan fingerprint density at radius 1 is 1.12 bits per heavy atom. The molecule has 0 spiro atoms. The molecule has 0 aliphatic carbocycles. The zero-order valence-corrected chi connectivity index (χ0v) is 12.1. The molecule has 17 heavy (non-hydrogen) atoms. The number of hydrogen-bond acceptors (Lipinski definition) is 1.